The SMILES string of the molecule is CCNC(=NCC(O)(CC)CC)N1CCN(c2ccccc2O)CC1. The number of para-hydroxylation sites is 2. The average Bonchev–Trinajstić information content (AvgIpc) is 2.65. The van der Waals surface area contributed by atoms with Crippen LogP contribution in [0.2, 0.25) is 0 Å². The summed E-state index contributed by atoms with van der Waals surface area (Å²) >= 11 is 0. The number of phenols is 1. The molecule has 0 amide bonds. The third kappa shape index (κ3) is 5.01. The Morgan fingerprint density at radius 2 is 1.76 bits per heavy atom. The molecule has 6 nitrogen and oxygen atoms in total. The van der Waals surface area contributed by atoms with Crippen molar-refractivity contribution in [2.45, 2.75) is 39.2 Å². The van der Waals surface area contributed by atoms with Crippen LogP contribution in [0.1, 0.15) is 33.6 Å². The zero-order chi connectivity index (χ0) is 18.3. The first kappa shape index (κ1) is 19.4. The second-order valence-corrected chi connectivity index (χ2v) is 6.56. The van der Waals surface area contributed by atoms with Crippen LogP contribution in [0.4, 0.5) is 5.69 Å². The molecule has 1 heterocycles. The minimum atomic E-state index is -0.724. The summed E-state index contributed by atoms with van der Waals surface area (Å²) in [5.74, 6) is 1.19. The van der Waals surface area contributed by atoms with Gasteiger partial charge < -0.3 is 25.3 Å². The van der Waals surface area contributed by atoms with Crippen LogP contribution in [0.15, 0.2) is 29.3 Å². The maximum atomic E-state index is 10.5. The van der Waals surface area contributed by atoms with Crippen LogP contribution in [-0.4, -0.2) is 65.9 Å². The van der Waals surface area contributed by atoms with Gasteiger partial charge in [0.05, 0.1) is 17.8 Å². The summed E-state index contributed by atoms with van der Waals surface area (Å²) in [5.41, 5.74) is 0.161. The summed E-state index contributed by atoms with van der Waals surface area (Å²) in [4.78, 5) is 9.11. The van der Waals surface area contributed by atoms with E-state index >= 15 is 0 Å². The number of anilines is 1. The molecule has 0 unspecified atom stereocenters. The molecule has 1 aromatic carbocycles. The van der Waals surface area contributed by atoms with Crippen LogP contribution < -0.4 is 10.2 Å². The minimum Gasteiger partial charge on any atom is -0.506 e. The predicted octanol–water partition coefficient (Wildman–Crippen LogP) is 2.03. The fourth-order valence-electron chi connectivity index (χ4n) is 3.01. The van der Waals surface area contributed by atoms with Gasteiger partial charge in [0.25, 0.3) is 0 Å². The smallest absolute Gasteiger partial charge is 0.194 e. The lowest BCUT2D eigenvalue weighted by molar-refractivity contribution is 0.0415. The van der Waals surface area contributed by atoms with Crippen molar-refractivity contribution in [3.63, 3.8) is 0 Å². The summed E-state index contributed by atoms with van der Waals surface area (Å²) in [7, 11) is 0. The monoisotopic (exact) mass is 348 g/mol. The summed E-state index contributed by atoms with van der Waals surface area (Å²) in [6, 6.07) is 7.47. The molecular weight excluding hydrogens is 316 g/mol. The van der Waals surface area contributed by atoms with E-state index in [1.165, 1.54) is 0 Å². The molecule has 0 radical (unpaired) electrons. The zero-order valence-electron chi connectivity index (χ0n) is 15.7. The third-order valence-corrected chi connectivity index (χ3v) is 4.98. The Hall–Kier alpha value is -1.95. The summed E-state index contributed by atoms with van der Waals surface area (Å²) < 4.78 is 0. The predicted molar refractivity (Wildman–Crippen MR) is 103 cm³/mol. The largest absolute Gasteiger partial charge is 0.506 e. The molecule has 1 aromatic rings. The molecule has 0 aliphatic carbocycles. The second-order valence-electron chi connectivity index (χ2n) is 6.56. The van der Waals surface area contributed by atoms with Gasteiger partial charge in [-0.25, -0.2) is 0 Å². The van der Waals surface area contributed by atoms with Crippen LogP contribution in [0, 0.1) is 0 Å². The van der Waals surface area contributed by atoms with Gasteiger partial charge in [0.2, 0.25) is 0 Å². The number of nitrogens with one attached hydrogen (secondary N) is 1. The van der Waals surface area contributed by atoms with E-state index in [0.29, 0.717) is 25.1 Å². The second kappa shape index (κ2) is 8.94. The number of hydrogen-bond acceptors (Lipinski definition) is 4. The summed E-state index contributed by atoms with van der Waals surface area (Å²) in [5, 5.41) is 23.8. The number of phenolic OH excluding ortho intramolecular Hbond substituents is 1. The number of hydrogen-bond donors (Lipinski definition) is 3. The van der Waals surface area contributed by atoms with Crippen LogP contribution in [-0.2, 0) is 0 Å². The highest BCUT2D eigenvalue weighted by Crippen LogP contribution is 2.27. The molecule has 1 saturated heterocycles. The lowest BCUT2D eigenvalue weighted by atomic mass is 9.98. The molecule has 0 bridgehead atoms. The maximum absolute atomic E-state index is 10.5. The van der Waals surface area contributed by atoms with Crippen molar-refractivity contribution in [3.05, 3.63) is 24.3 Å². The molecule has 6 heteroatoms. The van der Waals surface area contributed by atoms with E-state index in [9.17, 15) is 10.2 Å². The highest BCUT2D eigenvalue weighted by Gasteiger charge is 2.24. The van der Waals surface area contributed by atoms with Crippen molar-refractivity contribution in [3.8, 4) is 5.75 Å². The van der Waals surface area contributed by atoms with Gasteiger partial charge in [-0.1, -0.05) is 26.0 Å². The Morgan fingerprint density at radius 3 is 2.32 bits per heavy atom. The van der Waals surface area contributed by atoms with Gasteiger partial charge in [0.1, 0.15) is 5.75 Å². The van der Waals surface area contributed by atoms with Gasteiger partial charge in [-0.2, -0.15) is 0 Å². The summed E-state index contributed by atoms with van der Waals surface area (Å²) in [6.07, 6.45) is 1.40. The topological polar surface area (TPSA) is 71.3 Å². The third-order valence-electron chi connectivity index (χ3n) is 4.98. The average molecular weight is 348 g/mol. The minimum absolute atomic E-state index is 0.326. The quantitative estimate of drug-likeness (QED) is 0.542. The van der Waals surface area contributed by atoms with E-state index in [2.05, 4.69) is 27.0 Å². The fourth-order valence-corrected chi connectivity index (χ4v) is 3.01. The van der Waals surface area contributed by atoms with Crippen molar-refractivity contribution < 1.29 is 10.2 Å². The van der Waals surface area contributed by atoms with E-state index in [4.69, 9.17) is 0 Å². The Balaban J connectivity index is 2.01. The van der Waals surface area contributed by atoms with Crippen molar-refractivity contribution in [1.82, 2.24) is 10.2 Å². The zero-order valence-corrected chi connectivity index (χ0v) is 15.7. The molecule has 1 fully saturated rings. The molecule has 0 spiro atoms. The standard InChI is InChI=1S/C19H32N4O2/c1-4-19(25,5-2)15-21-18(20-6-3)23-13-11-22(12-14-23)16-9-7-8-10-17(16)24/h7-10,24-25H,4-6,11-15H2,1-3H3,(H,20,21). The van der Waals surface area contributed by atoms with Crippen molar-refractivity contribution in [2.24, 2.45) is 4.99 Å². The Bertz CT molecular complexity index is 564. The first-order chi connectivity index (χ1) is 12.0. The maximum Gasteiger partial charge on any atom is 0.194 e. The molecule has 140 valence electrons. The van der Waals surface area contributed by atoms with E-state index < -0.39 is 5.60 Å². The highest BCUT2D eigenvalue weighted by atomic mass is 16.3. The molecule has 1 aliphatic rings. The first-order valence-electron chi connectivity index (χ1n) is 9.31. The number of benzene rings is 1. The van der Waals surface area contributed by atoms with Crippen LogP contribution in [0.3, 0.4) is 0 Å². The highest BCUT2D eigenvalue weighted by molar-refractivity contribution is 5.80. The molecule has 1 aliphatic heterocycles. The number of guanidine groups is 1. The molecule has 0 saturated carbocycles. The van der Waals surface area contributed by atoms with Gasteiger partial charge in [-0.05, 0) is 31.9 Å². The number of aromatic hydroxyl groups is 1. The number of piperazine rings is 1. The van der Waals surface area contributed by atoms with Gasteiger partial charge in [0, 0.05) is 32.7 Å². The van der Waals surface area contributed by atoms with Gasteiger partial charge in [-0.15, -0.1) is 0 Å². The van der Waals surface area contributed by atoms with Crippen LogP contribution in [0.25, 0.3) is 0 Å². The van der Waals surface area contributed by atoms with Gasteiger partial charge in [0.15, 0.2) is 5.96 Å². The van der Waals surface area contributed by atoms with Crippen molar-refractivity contribution in [1.29, 1.82) is 0 Å². The fraction of sp³-hybridized carbons (Fsp3) is 0.632. The van der Waals surface area contributed by atoms with Gasteiger partial charge in [-0.3, -0.25) is 4.99 Å². The number of rotatable bonds is 6. The molecule has 0 atom stereocenters. The van der Waals surface area contributed by atoms with E-state index in [1.54, 1.807) is 6.07 Å². The Kier molecular flexibility index (Phi) is 6.93. The van der Waals surface area contributed by atoms with E-state index in [1.807, 2.05) is 32.0 Å². The Morgan fingerprint density at radius 1 is 1.12 bits per heavy atom. The molecule has 3 N–H and O–H groups in total. The van der Waals surface area contributed by atoms with Crippen LogP contribution >= 0.6 is 0 Å². The van der Waals surface area contributed by atoms with Crippen molar-refractivity contribution in [2.75, 3.05) is 44.2 Å². The van der Waals surface area contributed by atoms with E-state index in [-0.39, 0.29) is 0 Å². The normalized spacial score (nSPS) is 16.2. The van der Waals surface area contributed by atoms with Crippen LogP contribution in [0.5, 0.6) is 5.75 Å². The molecular formula is C19H32N4O2. The molecule has 0 aromatic heterocycles. The first-order valence-corrected chi connectivity index (χ1v) is 9.31. The number of nitrogens with zero attached hydrogens (tertiary/aromatic N) is 3. The van der Waals surface area contributed by atoms with Crippen molar-refractivity contribution >= 4 is 11.6 Å². The molecule has 2 rings (SSSR count). The number of aliphatic hydroxyl groups is 1. The molecule has 25 heavy (non-hydrogen) atoms. The van der Waals surface area contributed by atoms with Gasteiger partial charge >= 0.3 is 0 Å². The summed E-state index contributed by atoms with van der Waals surface area (Å²) in [6.45, 7) is 10.6. The lowest BCUT2D eigenvalue weighted by Gasteiger charge is -2.38. The van der Waals surface area contributed by atoms with E-state index in [0.717, 1.165) is 44.4 Å². The number of aliphatic imine (C=N–C) groups is 1. The lowest BCUT2D eigenvalue weighted by Crippen LogP contribution is -2.53. The Labute approximate surface area is 151 Å².